The normalized spacial score (nSPS) is 12.2. The Hall–Kier alpha value is -1.27. The van der Waals surface area contributed by atoms with Crippen LogP contribution in [-0.2, 0) is 0 Å². The molecule has 6 heteroatoms. The quantitative estimate of drug-likeness (QED) is 0.808. The zero-order chi connectivity index (χ0) is 12.1. The summed E-state index contributed by atoms with van der Waals surface area (Å²) in [5.74, 6) is 0. The van der Waals surface area contributed by atoms with Gasteiger partial charge < -0.3 is 11.5 Å². The van der Waals surface area contributed by atoms with Gasteiger partial charge in [0.2, 0.25) is 0 Å². The first-order chi connectivity index (χ1) is 7.54. The van der Waals surface area contributed by atoms with E-state index in [1.165, 1.54) is 23.1 Å². The van der Waals surface area contributed by atoms with Crippen LogP contribution in [0.4, 0.5) is 5.13 Å². The van der Waals surface area contributed by atoms with Crippen molar-refractivity contribution in [2.24, 2.45) is 10.7 Å². The Bertz CT molecular complexity index is 446. The minimum Gasteiger partial charge on any atom is -0.397 e. The number of hydrogen-bond donors (Lipinski definition) is 2. The topological polar surface area (TPSA) is 77.3 Å². The van der Waals surface area contributed by atoms with Crippen LogP contribution in [0.2, 0.25) is 0 Å². The molecule has 1 heterocycles. The van der Waals surface area contributed by atoms with E-state index < -0.39 is 0 Å². The van der Waals surface area contributed by atoms with Crippen LogP contribution in [0.3, 0.4) is 0 Å². The monoisotopic (exact) mass is 254 g/mol. The number of aliphatic imine (C=N–C) groups is 1. The zero-order valence-corrected chi connectivity index (χ0v) is 10.9. The van der Waals surface area contributed by atoms with E-state index in [0.717, 1.165) is 15.6 Å². The molecular formula is C10H14N4S2. The first-order valence-corrected chi connectivity index (χ1v) is 6.54. The Balaban J connectivity index is 2.82. The van der Waals surface area contributed by atoms with E-state index in [2.05, 4.69) is 16.6 Å². The van der Waals surface area contributed by atoms with Gasteiger partial charge in [0.05, 0.1) is 21.3 Å². The van der Waals surface area contributed by atoms with E-state index in [1.807, 2.05) is 13.2 Å². The van der Waals surface area contributed by atoms with Crippen LogP contribution >= 0.6 is 23.1 Å². The van der Waals surface area contributed by atoms with Gasteiger partial charge in [0, 0.05) is 6.21 Å². The smallest absolute Gasteiger partial charge is 0.180 e. The highest BCUT2D eigenvalue weighted by molar-refractivity contribution is 8.02. The Labute approximate surface area is 103 Å². The number of thioether (sulfide) groups is 1. The average Bonchev–Trinajstić information content (AvgIpc) is 2.57. The summed E-state index contributed by atoms with van der Waals surface area (Å²) in [5, 5.41) is 1.26. The molecule has 0 spiro atoms. The zero-order valence-electron chi connectivity index (χ0n) is 9.23. The van der Waals surface area contributed by atoms with Gasteiger partial charge >= 0.3 is 0 Å². The highest BCUT2D eigenvalue weighted by Crippen LogP contribution is 2.24. The molecule has 1 rings (SSSR count). The maximum atomic E-state index is 5.89. The van der Waals surface area contributed by atoms with Crippen LogP contribution in [0.5, 0.6) is 0 Å². The second-order valence-corrected chi connectivity index (χ2v) is 4.87. The third-order valence-electron chi connectivity index (χ3n) is 1.78. The number of anilines is 1. The van der Waals surface area contributed by atoms with Crippen LogP contribution in [0.1, 0.15) is 10.6 Å². The first-order valence-electron chi connectivity index (χ1n) is 4.50. The molecule has 0 unspecified atom stereocenters. The number of hydrogen-bond acceptors (Lipinski definition) is 6. The molecule has 0 saturated heterocycles. The molecule has 0 aromatic carbocycles. The van der Waals surface area contributed by atoms with Crippen molar-refractivity contribution in [3.05, 3.63) is 28.3 Å². The second kappa shape index (κ2) is 5.72. The molecule has 16 heavy (non-hydrogen) atoms. The third kappa shape index (κ3) is 3.39. The molecule has 0 bridgehead atoms. The number of aryl methyl sites for hydroxylation is 1. The highest BCUT2D eigenvalue weighted by atomic mass is 32.2. The molecule has 0 radical (unpaired) electrons. The maximum Gasteiger partial charge on any atom is 0.180 e. The predicted octanol–water partition coefficient (Wildman–Crippen LogP) is 2.24. The number of rotatable bonds is 4. The van der Waals surface area contributed by atoms with Gasteiger partial charge in [-0.15, -0.1) is 11.8 Å². The van der Waals surface area contributed by atoms with Crippen molar-refractivity contribution in [1.82, 2.24) is 4.98 Å². The second-order valence-electron chi connectivity index (χ2n) is 2.96. The lowest BCUT2D eigenvalue weighted by atomic mass is 10.3. The van der Waals surface area contributed by atoms with Crippen LogP contribution in [0.15, 0.2) is 22.7 Å². The van der Waals surface area contributed by atoms with E-state index in [4.69, 9.17) is 11.5 Å². The van der Waals surface area contributed by atoms with Crippen LogP contribution < -0.4 is 11.5 Å². The number of aromatic nitrogens is 1. The summed E-state index contributed by atoms with van der Waals surface area (Å²) in [4.78, 5) is 9.07. The lowest BCUT2D eigenvalue weighted by Crippen LogP contribution is -1.96. The average molecular weight is 254 g/mol. The van der Waals surface area contributed by atoms with Gasteiger partial charge in [-0.1, -0.05) is 17.9 Å². The maximum absolute atomic E-state index is 5.89. The molecule has 0 aliphatic carbocycles. The molecule has 0 aliphatic heterocycles. The number of nitrogens with two attached hydrogens (primary N) is 2. The van der Waals surface area contributed by atoms with E-state index in [1.54, 1.807) is 12.3 Å². The molecule has 0 aliphatic rings. The fourth-order valence-corrected chi connectivity index (χ4v) is 1.95. The molecule has 1 aromatic heterocycles. The molecule has 0 fully saturated rings. The summed E-state index contributed by atoms with van der Waals surface area (Å²) in [6.45, 7) is 5.61. The minimum atomic E-state index is 0.523. The summed E-state index contributed by atoms with van der Waals surface area (Å²) >= 11 is 2.86. The summed E-state index contributed by atoms with van der Waals surface area (Å²) in [5.41, 5.74) is 12.9. The standard InChI is InChI=1S/C10H14N4S2/c1-6-9(16-10(12)14-6)8(11)4-5-13-7(2)15-3/h4-5H,2,11H2,1,3H3,(H2,12,14)/b8-4-,13-5-. The Morgan fingerprint density at radius 3 is 2.81 bits per heavy atom. The molecule has 86 valence electrons. The number of thiazole rings is 1. The predicted molar refractivity (Wildman–Crippen MR) is 74.6 cm³/mol. The van der Waals surface area contributed by atoms with Gasteiger partial charge in [-0.2, -0.15) is 0 Å². The summed E-state index contributed by atoms with van der Waals surface area (Å²) < 4.78 is 0. The lowest BCUT2D eigenvalue weighted by Gasteiger charge is -1.95. The number of nitrogens with zero attached hydrogens (tertiary/aromatic N) is 2. The van der Waals surface area contributed by atoms with Crippen molar-refractivity contribution >= 4 is 40.1 Å². The van der Waals surface area contributed by atoms with E-state index >= 15 is 0 Å². The number of nitrogen functional groups attached to an aromatic ring is 1. The molecule has 4 nitrogen and oxygen atoms in total. The van der Waals surface area contributed by atoms with Gasteiger partial charge in [-0.05, 0) is 19.3 Å². The SMILES string of the molecule is C=C(/N=C\C=C(/N)c1sc(N)nc1C)SC. The van der Waals surface area contributed by atoms with Gasteiger partial charge in [-0.25, -0.2) is 4.98 Å². The molecule has 1 aromatic rings. The fourth-order valence-electron chi connectivity index (χ4n) is 1.01. The van der Waals surface area contributed by atoms with Crippen molar-refractivity contribution in [3.63, 3.8) is 0 Å². The van der Waals surface area contributed by atoms with Gasteiger partial charge in [0.15, 0.2) is 5.13 Å². The van der Waals surface area contributed by atoms with Crippen LogP contribution in [0, 0.1) is 6.92 Å². The lowest BCUT2D eigenvalue weighted by molar-refractivity contribution is 1.25. The minimum absolute atomic E-state index is 0.523. The summed E-state index contributed by atoms with van der Waals surface area (Å²) in [6.07, 6.45) is 5.27. The Kier molecular flexibility index (Phi) is 4.57. The van der Waals surface area contributed by atoms with Gasteiger partial charge in [0.1, 0.15) is 0 Å². The highest BCUT2D eigenvalue weighted by Gasteiger charge is 2.06. The first kappa shape index (κ1) is 12.8. The number of allylic oxidation sites excluding steroid dienone is 1. The summed E-state index contributed by atoms with van der Waals surface area (Å²) in [6, 6.07) is 0. The molecule has 0 saturated carbocycles. The van der Waals surface area contributed by atoms with Crippen molar-refractivity contribution in [1.29, 1.82) is 0 Å². The Morgan fingerprint density at radius 2 is 2.31 bits per heavy atom. The third-order valence-corrected chi connectivity index (χ3v) is 3.40. The van der Waals surface area contributed by atoms with Crippen LogP contribution in [0.25, 0.3) is 5.70 Å². The largest absolute Gasteiger partial charge is 0.397 e. The molecule has 0 atom stereocenters. The van der Waals surface area contributed by atoms with E-state index in [-0.39, 0.29) is 0 Å². The van der Waals surface area contributed by atoms with Gasteiger partial charge in [0.25, 0.3) is 0 Å². The van der Waals surface area contributed by atoms with Crippen LogP contribution in [-0.4, -0.2) is 17.5 Å². The van der Waals surface area contributed by atoms with E-state index in [0.29, 0.717) is 10.8 Å². The fraction of sp³-hybridized carbons (Fsp3) is 0.200. The van der Waals surface area contributed by atoms with Crippen molar-refractivity contribution < 1.29 is 0 Å². The molecule has 4 N–H and O–H groups in total. The Morgan fingerprint density at radius 1 is 1.62 bits per heavy atom. The van der Waals surface area contributed by atoms with E-state index in [9.17, 15) is 0 Å². The molecular weight excluding hydrogens is 240 g/mol. The van der Waals surface area contributed by atoms with Crippen molar-refractivity contribution in [2.75, 3.05) is 12.0 Å². The van der Waals surface area contributed by atoms with Crippen molar-refractivity contribution in [2.45, 2.75) is 6.92 Å². The van der Waals surface area contributed by atoms with Gasteiger partial charge in [-0.3, -0.25) is 4.99 Å². The van der Waals surface area contributed by atoms with Crippen molar-refractivity contribution in [3.8, 4) is 0 Å². The summed E-state index contributed by atoms with van der Waals surface area (Å²) in [7, 11) is 0. The molecule has 0 amide bonds.